The van der Waals surface area contributed by atoms with E-state index in [9.17, 15) is 0 Å². The van der Waals surface area contributed by atoms with Crippen molar-refractivity contribution >= 4 is 0 Å². The summed E-state index contributed by atoms with van der Waals surface area (Å²) in [5.74, 6) is 0. The Hall–Kier alpha value is -1.09. The van der Waals surface area contributed by atoms with Gasteiger partial charge in [0.2, 0.25) is 0 Å². The number of aromatic nitrogens is 2. The molecule has 1 unspecified atom stereocenters. The zero-order chi connectivity index (χ0) is 12.7. The predicted octanol–water partition coefficient (Wildman–Crippen LogP) is 2.47. The number of hydrogen-bond donors (Lipinski definition) is 1. The van der Waals surface area contributed by atoms with Crippen molar-refractivity contribution in [2.75, 3.05) is 6.54 Å². The Morgan fingerprint density at radius 2 is 2.29 bits per heavy atom. The number of nitrogens with zero attached hydrogens (tertiary/aromatic N) is 2. The van der Waals surface area contributed by atoms with E-state index in [1.807, 2.05) is 17.8 Å². The molecule has 1 aromatic heterocycles. The van der Waals surface area contributed by atoms with Gasteiger partial charge >= 0.3 is 0 Å². The Bertz CT molecular complexity index is 341. The van der Waals surface area contributed by atoms with Crippen LogP contribution in [0.15, 0.2) is 18.7 Å². The molecule has 1 rings (SSSR count). The second kappa shape index (κ2) is 7.28. The lowest BCUT2D eigenvalue weighted by Gasteiger charge is -2.16. The van der Waals surface area contributed by atoms with Gasteiger partial charge in [0.1, 0.15) is 0 Å². The van der Waals surface area contributed by atoms with Crippen molar-refractivity contribution < 1.29 is 0 Å². The molecular weight excluding hydrogens is 210 g/mol. The van der Waals surface area contributed by atoms with Crippen LogP contribution in [0.2, 0.25) is 0 Å². The van der Waals surface area contributed by atoms with Crippen LogP contribution >= 0.6 is 0 Å². The minimum absolute atomic E-state index is 0.479. The molecule has 0 spiro atoms. The largest absolute Gasteiger partial charge is 0.313 e. The average molecular weight is 235 g/mol. The molecule has 0 amide bonds. The molecule has 0 aliphatic rings. The second-order valence-electron chi connectivity index (χ2n) is 4.48. The smallest absolute Gasteiger partial charge is 0.0624 e. The van der Waals surface area contributed by atoms with Gasteiger partial charge in [-0.3, -0.25) is 4.68 Å². The molecule has 0 aromatic carbocycles. The van der Waals surface area contributed by atoms with Gasteiger partial charge in [0.15, 0.2) is 0 Å². The zero-order valence-corrected chi connectivity index (χ0v) is 11.4. The van der Waals surface area contributed by atoms with Gasteiger partial charge in [-0.05, 0) is 31.9 Å². The lowest BCUT2D eigenvalue weighted by Crippen LogP contribution is -2.31. The van der Waals surface area contributed by atoms with Crippen molar-refractivity contribution in [2.45, 2.75) is 45.6 Å². The highest BCUT2D eigenvalue weighted by molar-refractivity contribution is 5.11. The molecule has 3 heteroatoms. The van der Waals surface area contributed by atoms with Crippen LogP contribution in [0.3, 0.4) is 0 Å². The highest BCUT2D eigenvalue weighted by atomic mass is 15.3. The maximum Gasteiger partial charge on any atom is 0.0624 e. The molecule has 17 heavy (non-hydrogen) atoms. The molecule has 0 radical (unpaired) electrons. The van der Waals surface area contributed by atoms with E-state index < -0.39 is 0 Å². The lowest BCUT2D eigenvalue weighted by atomic mass is 10.1. The van der Waals surface area contributed by atoms with Crippen LogP contribution in [-0.4, -0.2) is 22.4 Å². The van der Waals surface area contributed by atoms with Gasteiger partial charge in [-0.2, -0.15) is 5.10 Å². The fraction of sp³-hybridized carbons (Fsp3) is 0.643. The van der Waals surface area contributed by atoms with E-state index in [4.69, 9.17) is 0 Å². The van der Waals surface area contributed by atoms with Crippen LogP contribution < -0.4 is 5.32 Å². The quantitative estimate of drug-likeness (QED) is 0.702. The molecule has 1 atom stereocenters. The fourth-order valence-corrected chi connectivity index (χ4v) is 1.98. The summed E-state index contributed by atoms with van der Waals surface area (Å²) in [7, 11) is 2.03. The minimum atomic E-state index is 0.479. The first-order valence-electron chi connectivity index (χ1n) is 6.57. The molecular formula is C14H25N3. The number of rotatable bonds is 8. The molecule has 0 saturated carbocycles. The van der Waals surface area contributed by atoms with Crippen molar-refractivity contribution in [1.29, 1.82) is 0 Å². The van der Waals surface area contributed by atoms with Crippen molar-refractivity contribution in [2.24, 2.45) is 7.05 Å². The third kappa shape index (κ3) is 4.35. The first-order valence-corrected chi connectivity index (χ1v) is 6.57. The Kier molecular flexibility index (Phi) is 5.98. The normalized spacial score (nSPS) is 12.6. The van der Waals surface area contributed by atoms with Crippen molar-refractivity contribution in [3.8, 4) is 0 Å². The summed E-state index contributed by atoms with van der Waals surface area (Å²) in [5.41, 5.74) is 2.48. The van der Waals surface area contributed by atoms with E-state index in [0.717, 1.165) is 25.8 Å². The highest BCUT2D eigenvalue weighted by Crippen LogP contribution is 2.09. The maximum absolute atomic E-state index is 4.49. The van der Waals surface area contributed by atoms with Gasteiger partial charge in [-0.25, -0.2) is 0 Å². The van der Waals surface area contributed by atoms with Gasteiger partial charge in [0.25, 0.3) is 0 Å². The van der Waals surface area contributed by atoms with Crippen LogP contribution in [0.25, 0.3) is 0 Å². The lowest BCUT2D eigenvalue weighted by molar-refractivity contribution is 0.497. The predicted molar refractivity (Wildman–Crippen MR) is 73.2 cm³/mol. The van der Waals surface area contributed by atoms with Gasteiger partial charge in [-0.1, -0.05) is 19.9 Å². The summed E-state index contributed by atoms with van der Waals surface area (Å²) >= 11 is 0. The van der Waals surface area contributed by atoms with Crippen LogP contribution in [0, 0.1) is 0 Å². The van der Waals surface area contributed by atoms with Crippen molar-refractivity contribution in [1.82, 2.24) is 15.1 Å². The molecule has 0 aliphatic carbocycles. The van der Waals surface area contributed by atoms with Crippen LogP contribution in [-0.2, 0) is 19.9 Å². The Morgan fingerprint density at radius 3 is 2.82 bits per heavy atom. The van der Waals surface area contributed by atoms with Crippen LogP contribution in [0.4, 0.5) is 0 Å². The van der Waals surface area contributed by atoms with E-state index in [0.29, 0.717) is 6.04 Å². The first-order chi connectivity index (χ1) is 8.21. The molecule has 0 saturated heterocycles. The van der Waals surface area contributed by atoms with Gasteiger partial charge in [0.05, 0.1) is 5.69 Å². The van der Waals surface area contributed by atoms with Crippen molar-refractivity contribution in [3.63, 3.8) is 0 Å². The Morgan fingerprint density at radius 1 is 1.53 bits per heavy atom. The Labute approximate surface area is 105 Å². The summed E-state index contributed by atoms with van der Waals surface area (Å²) in [5, 5.41) is 8.05. The molecule has 0 bridgehead atoms. The van der Waals surface area contributed by atoms with E-state index in [-0.39, 0.29) is 0 Å². The van der Waals surface area contributed by atoms with Crippen LogP contribution in [0.1, 0.15) is 38.1 Å². The average Bonchev–Trinajstić information content (AvgIpc) is 2.67. The SMILES string of the molecule is C=CCC(Cc1cc(CC)nn1C)NCCC. The van der Waals surface area contributed by atoms with E-state index in [2.05, 4.69) is 36.9 Å². The summed E-state index contributed by atoms with van der Waals surface area (Å²) in [6.07, 6.45) is 6.19. The summed E-state index contributed by atoms with van der Waals surface area (Å²) < 4.78 is 2.00. The molecule has 96 valence electrons. The first kappa shape index (κ1) is 14.0. The molecule has 1 heterocycles. The van der Waals surface area contributed by atoms with E-state index in [1.165, 1.54) is 17.8 Å². The summed E-state index contributed by atoms with van der Waals surface area (Å²) in [6.45, 7) is 9.23. The van der Waals surface area contributed by atoms with Crippen molar-refractivity contribution in [3.05, 3.63) is 30.1 Å². The zero-order valence-electron chi connectivity index (χ0n) is 11.4. The number of aryl methyl sites for hydroxylation is 2. The molecule has 3 nitrogen and oxygen atoms in total. The minimum Gasteiger partial charge on any atom is -0.313 e. The summed E-state index contributed by atoms with van der Waals surface area (Å²) in [6, 6.07) is 2.69. The molecule has 0 aliphatic heterocycles. The van der Waals surface area contributed by atoms with Gasteiger partial charge < -0.3 is 5.32 Å². The maximum atomic E-state index is 4.49. The molecule has 1 N–H and O–H groups in total. The third-order valence-corrected chi connectivity index (χ3v) is 2.98. The molecule has 0 fully saturated rings. The van der Waals surface area contributed by atoms with E-state index >= 15 is 0 Å². The highest BCUT2D eigenvalue weighted by Gasteiger charge is 2.11. The van der Waals surface area contributed by atoms with Gasteiger partial charge in [0, 0.05) is 25.2 Å². The van der Waals surface area contributed by atoms with E-state index in [1.54, 1.807) is 0 Å². The van der Waals surface area contributed by atoms with Gasteiger partial charge in [-0.15, -0.1) is 6.58 Å². The number of nitrogens with one attached hydrogen (secondary N) is 1. The molecule has 1 aromatic rings. The van der Waals surface area contributed by atoms with Crippen LogP contribution in [0.5, 0.6) is 0 Å². The standard InChI is InChI=1S/C14H25N3/c1-5-8-13(15-9-6-2)11-14-10-12(7-3)16-17(14)4/h5,10,13,15H,1,6-9,11H2,2-4H3. The summed E-state index contributed by atoms with van der Waals surface area (Å²) in [4.78, 5) is 0. The fourth-order valence-electron chi connectivity index (χ4n) is 1.98. The second-order valence-corrected chi connectivity index (χ2v) is 4.48. The monoisotopic (exact) mass is 235 g/mol. The topological polar surface area (TPSA) is 29.9 Å². The third-order valence-electron chi connectivity index (χ3n) is 2.98. The Balaban J connectivity index is 2.63. The number of hydrogen-bond acceptors (Lipinski definition) is 2.